The molecule has 0 aromatic heterocycles. The first-order valence-electron chi connectivity index (χ1n) is 9.43. The van der Waals surface area contributed by atoms with E-state index in [1.54, 1.807) is 20.8 Å². The summed E-state index contributed by atoms with van der Waals surface area (Å²) in [7, 11) is 0. The Hall–Kier alpha value is -2.01. The fraction of sp³-hybridized carbons (Fsp3) is 0.435. The van der Waals surface area contributed by atoms with Crippen LogP contribution in [0.25, 0.3) is 0 Å². The van der Waals surface area contributed by atoms with Crippen molar-refractivity contribution in [2.45, 2.75) is 52.1 Å². The molecular formula is C23H30O4. The molecule has 0 aliphatic rings. The van der Waals surface area contributed by atoms with Crippen LogP contribution in [0.4, 0.5) is 0 Å². The molecule has 4 nitrogen and oxygen atoms in total. The third-order valence-electron chi connectivity index (χ3n) is 4.97. The van der Waals surface area contributed by atoms with Crippen LogP contribution >= 0.6 is 0 Å². The van der Waals surface area contributed by atoms with Gasteiger partial charge in [-0.15, -0.1) is 0 Å². The molecule has 0 bridgehead atoms. The van der Waals surface area contributed by atoms with Crippen molar-refractivity contribution < 1.29 is 19.4 Å². The lowest BCUT2D eigenvalue weighted by Gasteiger charge is -2.31. The van der Waals surface area contributed by atoms with Crippen LogP contribution in [0.5, 0.6) is 0 Å². The molecule has 4 heteroatoms. The van der Waals surface area contributed by atoms with Gasteiger partial charge < -0.3 is 14.6 Å². The van der Waals surface area contributed by atoms with E-state index in [1.807, 2.05) is 60.7 Å². The Morgan fingerprint density at radius 3 is 2.04 bits per heavy atom. The molecule has 0 amide bonds. The number of benzene rings is 2. The molecule has 0 fully saturated rings. The Morgan fingerprint density at radius 1 is 0.963 bits per heavy atom. The maximum atomic E-state index is 12.6. The molecule has 2 aromatic carbocycles. The second-order valence-corrected chi connectivity index (χ2v) is 7.21. The second-order valence-electron chi connectivity index (χ2n) is 7.21. The summed E-state index contributed by atoms with van der Waals surface area (Å²) in [6.45, 7) is 6.44. The Morgan fingerprint density at radius 2 is 1.48 bits per heavy atom. The van der Waals surface area contributed by atoms with Gasteiger partial charge in [0, 0.05) is 12.5 Å². The molecule has 146 valence electrons. The quantitative estimate of drug-likeness (QED) is 0.604. The van der Waals surface area contributed by atoms with Crippen LogP contribution in [0.15, 0.2) is 60.7 Å². The van der Waals surface area contributed by atoms with Crippen LogP contribution in [0.3, 0.4) is 0 Å². The van der Waals surface area contributed by atoms with Gasteiger partial charge in [0.25, 0.3) is 0 Å². The largest absolute Gasteiger partial charge is 0.389 e. The molecule has 0 saturated heterocycles. The second kappa shape index (κ2) is 10.4. The molecule has 0 heterocycles. The topological polar surface area (TPSA) is 55.8 Å². The van der Waals surface area contributed by atoms with E-state index in [4.69, 9.17) is 9.47 Å². The molecule has 2 aromatic rings. The van der Waals surface area contributed by atoms with E-state index in [0.29, 0.717) is 26.2 Å². The van der Waals surface area contributed by atoms with Gasteiger partial charge in [0.15, 0.2) is 5.78 Å². The third kappa shape index (κ3) is 6.90. The number of ketones is 1. The number of aliphatic hydroxyl groups is 1. The van der Waals surface area contributed by atoms with Gasteiger partial charge in [0.05, 0.1) is 18.8 Å². The molecule has 27 heavy (non-hydrogen) atoms. The molecular weight excluding hydrogens is 340 g/mol. The molecule has 0 unspecified atom stereocenters. The number of carbonyl (C=O) groups is 1. The van der Waals surface area contributed by atoms with Crippen molar-refractivity contribution in [3.63, 3.8) is 0 Å². The fourth-order valence-corrected chi connectivity index (χ4v) is 2.80. The average Bonchev–Trinajstić information content (AvgIpc) is 2.70. The van der Waals surface area contributed by atoms with Crippen molar-refractivity contribution in [3.8, 4) is 0 Å². The molecule has 1 N–H and O–H groups in total. The van der Waals surface area contributed by atoms with E-state index in [2.05, 4.69) is 0 Å². The summed E-state index contributed by atoms with van der Waals surface area (Å²) in [5, 5.41) is 10.7. The first kappa shape index (κ1) is 21.3. The lowest BCUT2D eigenvalue weighted by atomic mass is 9.83. The SMILES string of the molecule is C[C@H](OCc1ccccc1)C(=O)[C@@H](C)[C@@](C)(O)CCOCc1ccccc1. The molecule has 0 aliphatic carbocycles. The van der Waals surface area contributed by atoms with Gasteiger partial charge in [-0.1, -0.05) is 67.6 Å². The standard InChI is InChI=1S/C23H30O4/c1-18(22(24)19(2)27-17-21-12-8-5-9-13-21)23(3,25)14-15-26-16-20-10-6-4-7-11-20/h4-13,18-19,25H,14-17H2,1-3H3/t18-,19+,23+/m1/s1. The molecule has 0 aliphatic heterocycles. The number of carbonyl (C=O) groups excluding carboxylic acids is 1. The van der Waals surface area contributed by atoms with E-state index in [-0.39, 0.29) is 5.78 Å². The summed E-state index contributed by atoms with van der Waals surface area (Å²) < 4.78 is 11.3. The smallest absolute Gasteiger partial charge is 0.166 e. The zero-order valence-corrected chi connectivity index (χ0v) is 16.4. The number of Topliss-reactive ketones (excluding diaryl/α,β-unsaturated/α-hetero) is 1. The first-order valence-corrected chi connectivity index (χ1v) is 9.43. The van der Waals surface area contributed by atoms with Crippen LogP contribution in [-0.4, -0.2) is 29.2 Å². The maximum Gasteiger partial charge on any atom is 0.166 e. The Kier molecular flexibility index (Phi) is 8.17. The predicted molar refractivity (Wildman–Crippen MR) is 106 cm³/mol. The van der Waals surface area contributed by atoms with E-state index >= 15 is 0 Å². The zero-order chi connectivity index (χ0) is 19.7. The van der Waals surface area contributed by atoms with Crippen molar-refractivity contribution in [1.82, 2.24) is 0 Å². The van der Waals surface area contributed by atoms with Crippen LogP contribution < -0.4 is 0 Å². The highest BCUT2D eigenvalue weighted by Gasteiger charge is 2.35. The van der Waals surface area contributed by atoms with Crippen molar-refractivity contribution in [2.75, 3.05) is 6.61 Å². The summed E-state index contributed by atoms with van der Waals surface area (Å²) in [6, 6.07) is 19.6. The normalized spacial score (nSPS) is 15.7. The lowest BCUT2D eigenvalue weighted by Crippen LogP contribution is -2.42. The molecule has 3 atom stereocenters. The minimum atomic E-state index is -1.14. The molecule has 0 radical (unpaired) electrons. The van der Waals surface area contributed by atoms with Gasteiger partial charge in [0.1, 0.15) is 6.10 Å². The first-order chi connectivity index (χ1) is 12.9. The summed E-state index contributed by atoms with van der Waals surface area (Å²) in [5.41, 5.74) is 0.966. The number of hydrogen-bond acceptors (Lipinski definition) is 4. The highest BCUT2D eigenvalue weighted by molar-refractivity contribution is 5.85. The fourth-order valence-electron chi connectivity index (χ4n) is 2.80. The highest BCUT2D eigenvalue weighted by atomic mass is 16.5. The van der Waals surface area contributed by atoms with Crippen molar-refractivity contribution >= 4 is 5.78 Å². The van der Waals surface area contributed by atoms with Gasteiger partial charge in [-0.2, -0.15) is 0 Å². The maximum absolute atomic E-state index is 12.6. The minimum absolute atomic E-state index is 0.0982. The number of rotatable bonds is 11. The lowest BCUT2D eigenvalue weighted by molar-refractivity contribution is -0.143. The van der Waals surface area contributed by atoms with Gasteiger partial charge in [-0.05, 0) is 31.4 Å². The van der Waals surface area contributed by atoms with Crippen LogP contribution in [0.2, 0.25) is 0 Å². The van der Waals surface area contributed by atoms with Gasteiger partial charge >= 0.3 is 0 Å². The third-order valence-corrected chi connectivity index (χ3v) is 4.97. The van der Waals surface area contributed by atoms with Gasteiger partial charge in [-0.3, -0.25) is 4.79 Å². The van der Waals surface area contributed by atoms with E-state index < -0.39 is 17.6 Å². The van der Waals surface area contributed by atoms with Crippen molar-refractivity contribution in [3.05, 3.63) is 71.8 Å². The Bertz CT molecular complexity index is 682. The summed E-state index contributed by atoms with van der Waals surface area (Å²) in [4.78, 5) is 12.6. The van der Waals surface area contributed by atoms with Gasteiger partial charge in [-0.25, -0.2) is 0 Å². The van der Waals surface area contributed by atoms with E-state index in [9.17, 15) is 9.90 Å². The van der Waals surface area contributed by atoms with Crippen LogP contribution in [0, 0.1) is 5.92 Å². The monoisotopic (exact) mass is 370 g/mol. The van der Waals surface area contributed by atoms with E-state index in [0.717, 1.165) is 11.1 Å². The molecule has 0 saturated carbocycles. The van der Waals surface area contributed by atoms with Crippen LogP contribution in [0.1, 0.15) is 38.3 Å². The highest BCUT2D eigenvalue weighted by Crippen LogP contribution is 2.24. The van der Waals surface area contributed by atoms with Crippen molar-refractivity contribution in [1.29, 1.82) is 0 Å². The molecule has 2 rings (SSSR count). The van der Waals surface area contributed by atoms with Crippen molar-refractivity contribution in [2.24, 2.45) is 5.92 Å². The predicted octanol–water partition coefficient (Wildman–Crippen LogP) is 4.15. The summed E-state index contributed by atoms with van der Waals surface area (Å²) in [6.07, 6.45) is -0.185. The minimum Gasteiger partial charge on any atom is -0.389 e. The summed E-state index contributed by atoms with van der Waals surface area (Å²) >= 11 is 0. The Balaban J connectivity index is 1.76. The Labute approximate surface area is 162 Å². The summed E-state index contributed by atoms with van der Waals surface area (Å²) in [5.74, 6) is -0.636. The van der Waals surface area contributed by atoms with Crippen LogP contribution in [-0.2, 0) is 27.5 Å². The zero-order valence-electron chi connectivity index (χ0n) is 16.4. The number of ether oxygens (including phenoxy) is 2. The van der Waals surface area contributed by atoms with E-state index in [1.165, 1.54) is 0 Å². The number of hydrogen-bond donors (Lipinski definition) is 1. The average molecular weight is 370 g/mol. The molecule has 0 spiro atoms. The van der Waals surface area contributed by atoms with Gasteiger partial charge in [0.2, 0.25) is 0 Å².